The third-order valence-electron chi connectivity index (χ3n) is 5.19. The van der Waals surface area contributed by atoms with Crippen molar-refractivity contribution in [1.29, 1.82) is 0 Å². The second-order valence-corrected chi connectivity index (χ2v) is 10.1. The number of ether oxygens (including phenoxy) is 1. The molecule has 0 bridgehead atoms. The number of hydrogen-bond acceptors (Lipinski definition) is 3. The predicted octanol–water partition coefficient (Wildman–Crippen LogP) is 3.71. The van der Waals surface area contributed by atoms with Crippen LogP contribution in [0.5, 0.6) is 0 Å². The van der Waals surface area contributed by atoms with Gasteiger partial charge in [-0.1, -0.05) is 80.4 Å². The van der Waals surface area contributed by atoms with Gasteiger partial charge in [-0.3, -0.25) is 0 Å². The molecule has 1 saturated heterocycles. The van der Waals surface area contributed by atoms with Crippen molar-refractivity contribution in [2.24, 2.45) is 0 Å². The van der Waals surface area contributed by atoms with Crippen molar-refractivity contribution in [3.05, 3.63) is 60.7 Å². The first-order valence-electron chi connectivity index (χ1n) is 9.05. The molecular formula is C21H27O3P. The Morgan fingerprint density at radius 2 is 1.56 bits per heavy atom. The number of epoxide rings is 1. The molecule has 1 N–H and O–H groups in total. The summed E-state index contributed by atoms with van der Waals surface area (Å²) in [6.45, 7) is 4.56. The second-order valence-electron chi connectivity index (χ2n) is 7.08. The molecule has 25 heavy (non-hydrogen) atoms. The molecule has 1 heterocycles. The number of aliphatic hydroxyl groups excluding tert-OH is 1. The minimum Gasteiger partial charge on any atom is -0.389 e. The summed E-state index contributed by atoms with van der Waals surface area (Å²) in [7, 11) is -3.01. The van der Waals surface area contributed by atoms with Crippen LogP contribution in [0, 0.1) is 0 Å². The summed E-state index contributed by atoms with van der Waals surface area (Å²) in [5.74, 6) is 0. The largest absolute Gasteiger partial charge is 0.389 e. The molecule has 1 aliphatic heterocycles. The lowest BCUT2D eigenvalue weighted by molar-refractivity contribution is 0.0779. The number of unbranched alkanes of at least 4 members (excludes halogenated alkanes) is 1. The molecule has 4 heteroatoms. The average molecular weight is 358 g/mol. The van der Waals surface area contributed by atoms with Gasteiger partial charge in [-0.2, -0.15) is 0 Å². The van der Waals surface area contributed by atoms with E-state index in [1.807, 2.05) is 67.6 Å². The van der Waals surface area contributed by atoms with Gasteiger partial charge in [0.15, 0.2) is 0 Å². The molecule has 0 aliphatic carbocycles. The Hall–Kier alpha value is -1.41. The molecule has 0 amide bonds. The van der Waals surface area contributed by atoms with Gasteiger partial charge >= 0.3 is 0 Å². The van der Waals surface area contributed by atoms with Gasteiger partial charge < -0.3 is 14.4 Å². The summed E-state index contributed by atoms with van der Waals surface area (Å²) in [5, 5.41) is 12.7. The minimum atomic E-state index is -3.01. The van der Waals surface area contributed by atoms with Gasteiger partial charge in [0.2, 0.25) is 0 Å². The minimum absolute atomic E-state index is 0.343. The normalized spacial score (nSPS) is 22.4. The number of rotatable bonds is 8. The van der Waals surface area contributed by atoms with E-state index in [9.17, 15) is 9.67 Å². The molecule has 0 aromatic heterocycles. The number of benzene rings is 2. The molecule has 0 radical (unpaired) electrons. The van der Waals surface area contributed by atoms with Crippen LogP contribution in [0.25, 0.3) is 0 Å². The van der Waals surface area contributed by atoms with Gasteiger partial charge in [0.05, 0.1) is 12.7 Å². The summed E-state index contributed by atoms with van der Waals surface area (Å²) < 4.78 is 20.0. The van der Waals surface area contributed by atoms with Crippen LogP contribution in [0.3, 0.4) is 0 Å². The molecule has 2 aromatic rings. The highest BCUT2D eigenvalue weighted by Gasteiger charge is 2.54. The van der Waals surface area contributed by atoms with Gasteiger partial charge in [0, 0.05) is 16.3 Å². The van der Waals surface area contributed by atoms with Crippen molar-refractivity contribution in [3.63, 3.8) is 0 Å². The average Bonchev–Trinajstić information content (AvgIpc) is 3.42. The lowest BCUT2D eigenvalue weighted by Gasteiger charge is -2.34. The molecule has 3 nitrogen and oxygen atoms in total. The zero-order chi connectivity index (χ0) is 17.9. The monoisotopic (exact) mass is 358 g/mol. The van der Waals surface area contributed by atoms with Crippen LogP contribution in [0.2, 0.25) is 0 Å². The highest BCUT2D eigenvalue weighted by Crippen LogP contribution is 2.54. The molecule has 0 saturated carbocycles. The van der Waals surface area contributed by atoms with Crippen molar-refractivity contribution in [2.45, 2.75) is 50.5 Å². The van der Waals surface area contributed by atoms with Gasteiger partial charge in [0.25, 0.3) is 0 Å². The molecule has 3 atom stereocenters. The third kappa shape index (κ3) is 3.60. The third-order valence-corrected chi connectivity index (χ3v) is 8.80. The van der Waals surface area contributed by atoms with E-state index in [0.717, 1.165) is 29.9 Å². The Morgan fingerprint density at radius 3 is 1.96 bits per heavy atom. The van der Waals surface area contributed by atoms with Crippen molar-refractivity contribution < 1.29 is 14.4 Å². The van der Waals surface area contributed by atoms with Gasteiger partial charge in [-0.15, -0.1) is 0 Å². The topological polar surface area (TPSA) is 49.8 Å². The smallest absolute Gasteiger partial charge is 0.148 e. The van der Waals surface area contributed by atoms with Crippen molar-refractivity contribution in [3.8, 4) is 0 Å². The fourth-order valence-electron chi connectivity index (χ4n) is 3.47. The first kappa shape index (κ1) is 18.4. The Bertz CT molecular complexity index is 682. The summed E-state index contributed by atoms with van der Waals surface area (Å²) in [6.07, 6.45) is 1.91. The van der Waals surface area contributed by atoms with E-state index in [4.69, 9.17) is 4.74 Å². The number of hydrogen-bond donors (Lipinski definition) is 1. The maximum Gasteiger partial charge on any atom is 0.148 e. The van der Waals surface area contributed by atoms with Crippen LogP contribution in [0.4, 0.5) is 0 Å². The quantitative estimate of drug-likeness (QED) is 0.578. The Kier molecular flexibility index (Phi) is 5.48. The maximum absolute atomic E-state index is 14.5. The molecule has 0 spiro atoms. The van der Waals surface area contributed by atoms with E-state index in [2.05, 4.69) is 6.92 Å². The van der Waals surface area contributed by atoms with Crippen LogP contribution in [0.15, 0.2) is 60.7 Å². The first-order chi connectivity index (χ1) is 12.0. The highest BCUT2D eigenvalue weighted by atomic mass is 31.2. The van der Waals surface area contributed by atoms with Crippen LogP contribution < -0.4 is 10.6 Å². The molecule has 0 unspecified atom stereocenters. The Morgan fingerprint density at radius 1 is 1.08 bits per heavy atom. The lowest BCUT2D eigenvalue weighted by Crippen LogP contribution is -2.42. The van der Waals surface area contributed by atoms with Crippen LogP contribution in [-0.4, -0.2) is 29.1 Å². The van der Waals surface area contributed by atoms with Crippen molar-refractivity contribution in [1.82, 2.24) is 0 Å². The summed E-state index contributed by atoms with van der Waals surface area (Å²) in [6, 6.07) is 19.2. The van der Waals surface area contributed by atoms with Crippen LogP contribution >= 0.6 is 7.14 Å². The van der Waals surface area contributed by atoms with E-state index < -0.39 is 18.8 Å². The van der Waals surface area contributed by atoms with E-state index >= 15 is 0 Å². The maximum atomic E-state index is 14.5. The predicted molar refractivity (Wildman–Crippen MR) is 103 cm³/mol. The Labute approximate surface area is 150 Å². The zero-order valence-electron chi connectivity index (χ0n) is 15.0. The molecular weight excluding hydrogens is 331 g/mol. The molecule has 134 valence electrons. The zero-order valence-corrected chi connectivity index (χ0v) is 15.9. The molecule has 2 aromatic carbocycles. The van der Waals surface area contributed by atoms with Gasteiger partial charge in [-0.05, 0) is 13.3 Å². The summed E-state index contributed by atoms with van der Waals surface area (Å²) >= 11 is 0. The highest BCUT2D eigenvalue weighted by molar-refractivity contribution is 7.79. The van der Waals surface area contributed by atoms with Gasteiger partial charge in [-0.25, -0.2) is 0 Å². The summed E-state index contributed by atoms with van der Waals surface area (Å²) in [5.41, 5.74) is -0.915. The van der Waals surface area contributed by atoms with Gasteiger partial charge in [0.1, 0.15) is 12.7 Å². The Balaban J connectivity index is 2.12. The number of aliphatic hydroxyl groups is 1. The molecule has 1 fully saturated rings. The van der Waals surface area contributed by atoms with E-state index in [1.165, 1.54) is 0 Å². The van der Waals surface area contributed by atoms with E-state index in [0.29, 0.717) is 6.61 Å². The van der Waals surface area contributed by atoms with Crippen molar-refractivity contribution >= 4 is 17.8 Å². The molecule has 1 aliphatic rings. The first-order valence-corrected chi connectivity index (χ1v) is 10.8. The fourth-order valence-corrected chi connectivity index (χ4v) is 7.03. The van der Waals surface area contributed by atoms with E-state index in [1.54, 1.807) is 0 Å². The van der Waals surface area contributed by atoms with Crippen molar-refractivity contribution in [2.75, 3.05) is 6.61 Å². The second kappa shape index (κ2) is 7.45. The van der Waals surface area contributed by atoms with E-state index in [-0.39, 0.29) is 5.66 Å². The van der Waals surface area contributed by atoms with Crippen LogP contribution in [-0.2, 0) is 9.30 Å². The SMILES string of the molecule is CCCC[C@H]([C@@H](O)[C@@]1(C)CO1)P(=O)(c1ccccc1)c1ccccc1. The summed E-state index contributed by atoms with van der Waals surface area (Å²) in [4.78, 5) is 0. The molecule has 3 rings (SSSR count). The fraction of sp³-hybridized carbons (Fsp3) is 0.429. The lowest BCUT2D eigenvalue weighted by atomic mass is 9.99. The standard InChI is InChI=1S/C21H27O3P/c1-3-4-15-19(20(22)21(2)16-24-21)25(23,17-11-7-5-8-12-17)18-13-9-6-10-14-18/h5-14,19-20,22H,3-4,15-16H2,1-2H3/t19-,20-,21-/m1/s1. The van der Waals surface area contributed by atoms with Crippen LogP contribution in [0.1, 0.15) is 33.1 Å².